The molecule has 0 aliphatic carbocycles. The van der Waals surface area contributed by atoms with Gasteiger partial charge < -0.3 is 15.2 Å². The number of rotatable bonds is 4. The van der Waals surface area contributed by atoms with Crippen LogP contribution in [0.3, 0.4) is 0 Å². The molecule has 2 aromatic heterocycles. The number of amides is 1. The van der Waals surface area contributed by atoms with E-state index in [0.29, 0.717) is 18.1 Å². The van der Waals surface area contributed by atoms with E-state index < -0.39 is 11.5 Å². The van der Waals surface area contributed by atoms with E-state index in [1.165, 1.54) is 11.3 Å². The van der Waals surface area contributed by atoms with Gasteiger partial charge in [0.2, 0.25) is 0 Å². The summed E-state index contributed by atoms with van der Waals surface area (Å²) in [4.78, 5) is 25.9. The largest absolute Gasteiger partial charge is 0.480 e. The molecular formula is C19H19N3O4S. The SMILES string of the molecule is Cc1nn(-c2ccccc2)c2sc(C(=O)NC3(C(=O)O)CCOCC3)cc12. The summed E-state index contributed by atoms with van der Waals surface area (Å²) in [6.45, 7) is 2.54. The third kappa shape index (κ3) is 3.11. The molecule has 0 spiro atoms. The number of hydrogen-bond donors (Lipinski definition) is 2. The van der Waals surface area contributed by atoms with E-state index in [4.69, 9.17) is 4.74 Å². The standard InChI is InChI=1S/C19H19N3O4S/c1-12-14-11-15(16(23)20-19(18(24)25)7-9-26-10-8-19)27-17(14)22(21-12)13-5-3-2-4-6-13/h2-6,11H,7-10H2,1H3,(H,20,23)(H,24,25). The van der Waals surface area contributed by atoms with Crippen LogP contribution < -0.4 is 5.32 Å². The summed E-state index contributed by atoms with van der Waals surface area (Å²) < 4.78 is 7.07. The molecular weight excluding hydrogens is 366 g/mol. The zero-order chi connectivity index (χ0) is 19.0. The van der Waals surface area contributed by atoms with Crippen molar-refractivity contribution in [1.82, 2.24) is 15.1 Å². The number of nitrogens with zero attached hydrogens (tertiary/aromatic N) is 2. The zero-order valence-corrected chi connectivity index (χ0v) is 15.6. The Morgan fingerprint density at radius 1 is 1.26 bits per heavy atom. The molecule has 1 aromatic carbocycles. The van der Waals surface area contributed by atoms with E-state index >= 15 is 0 Å². The second-order valence-corrected chi connectivity index (χ2v) is 7.65. The number of carboxylic acids is 1. The Morgan fingerprint density at radius 3 is 2.63 bits per heavy atom. The van der Waals surface area contributed by atoms with E-state index in [1.807, 2.05) is 41.9 Å². The summed E-state index contributed by atoms with van der Waals surface area (Å²) in [5, 5.41) is 17.8. The maximum atomic E-state index is 12.8. The lowest BCUT2D eigenvalue weighted by atomic mass is 9.90. The average molecular weight is 385 g/mol. The highest BCUT2D eigenvalue weighted by Crippen LogP contribution is 2.31. The normalized spacial score (nSPS) is 16.3. The van der Waals surface area contributed by atoms with Gasteiger partial charge in [-0.1, -0.05) is 18.2 Å². The number of nitrogens with one attached hydrogen (secondary N) is 1. The number of benzene rings is 1. The number of aromatic nitrogens is 2. The van der Waals surface area contributed by atoms with Gasteiger partial charge in [0.1, 0.15) is 10.4 Å². The molecule has 3 heterocycles. The lowest BCUT2D eigenvalue weighted by Crippen LogP contribution is -2.57. The molecule has 0 bridgehead atoms. The third-order valence-corrected chi connectivity index (χ3v) is 5.99. The van der Waals surface area contributed by atoms with Crippen LogP contribution in [-0.2, 0) is 9.53 Å². The second-order valence-electron chi connectivity index (χ2n) is 6.62. The first-order chi connectivity index (χ1) is 13.0. The molecule has 0 atom stereocenters. The summed E-state index contributed by atoms with van der Waals surface area (Å²) in [5.41, 5.74) is 0.463. The fourth-order valence-corrected chi connectivity index (χ4v) is 4.37. The molecule has 1 aliphatic heterocycles. The summed E-state index contributed by atoms with van der Waals surface area (Å²) >= 11 is 1.31. The molecule has 3 aromatic rings. The number of para-hydroxylation sites is 1. The number of aliphatic carboxylic acids is 1. The molecule has 2 N–H and O–H groups in total. The number of carboxylic acid groups (broad SMARTS) is 1. The predicted molar refractivity (Wildman–Crippen MR) is 102 cm³/mol. The van der Waals surface area contributed by atoms with Gasteiger partial charge in [-0.05, 0) is 25.1 Å². The lowest BCUT2D eigenvalue weighted by Gasteiger charge is -2.33. The summed E-state index contributed by atoms with van der Waals surface area (Å²) in [6, 6.07) is 11.5. The van der Waals surface area contributed by atoms with Gasteiger partial charge in [-0.3, -0.25) is 4.79 Å². The molecule has 1 amide bonds. The van der Waals surface area contributed by atoms with Gasteiger partial charge in [-0.2, -0.15) is 5.10 Å². The van der Waals surface area contributed by atoms with E-state index in [2.05, 4.69) is 10.4 Å². The highest BCUT2D eigenvalue weighted by atomic mass is 32.1. The molecule has 0 saturated carbocycles. The fraction of sp³-hybridized carbons (Fsp3) is 0.316. The van der Waals surface area contributed by atoms with Crippen LogP contribution in [-0.4, -0.2) is 45.5 Å². The predicted octanol–water partition coefficient (Wildman–Crippen LogP) is 2.76. The molecule has 8 heteroatoms. The average Bonchev–Trinajstić information content (AvgIpc) is 3.24. The van der Waals surface area contributed by atoms with Crippen molar-refractivity contribution < 1.29 is 19.4 Å². The Kier molecular flexibility index (Phi) is 4.45. The molecule has 7 nitrogen and oxygen atoms in total. The van der Waals surface area contributed by atoms with Gasteiger partial charge >= 0.3 is 5.97 Å². The topological polar surface area (TPSA) is 93.5 Å². The number of hydrogen-bond acceptors (Lipinski definition) is 5. The van der Waals surface area contributed by atoms with Crippen LogP contribution in [0.25, 0.3) is 15.9 Å². The second kappa shape index (κ2) is 6.79. The van der Waals surface area contributed by atoms with Gasteiger partial charge in [0.05, 0.1) is 16.3 Å². The summed E-state index contributed by atoms with van der Waals surface area (Å²) in [5.74, 6) is -1.40. The minimum absolute atomic E-state index is 0.260. The molecule has 1 aliphatic rings. The number of aryl methyl sites for hydroxylation is 1. The third-order valence-electron chi connectivity index (χ3n) is 4.88. The highest BCUT2D eigenvalue weighted by Gasteiger charge is 2.42. The monoisotopic (exact) mass is 385 g/mol. The molecule has 0 radical (unpaired) electrons. The Labute approximate surface area is 159 Å². The van der Waals surface area contributed by atoms with Crippen LogP contribution in [0.1, 0.15) is 28.2 Å². The Balaban J connectivity index is 1.68. The van der Waals surface area contributed by atoms with Crippen molar-refractivity contribution in [2.24, 2.45) is 0 Å². The molecule has 0 unspecified atom stereocenters. The number of ether oxygens (including phenoxy) is 1. The van der Waals surface area contributed by atoms with E-state index in [9.17, 15) is 14.7 Å². The number of carbonyl (C=O) groups is 2. The van der Waals surface area contributed by atoms with Crippen LogP contribution in [0.4, 0.5) is 0 Å². The Morgan fingerprint density at radius 2 is 1.96 bits per heavy atom. The molecule has 140 valence electrons. The molecule has 4 rings (SSSR count). The summed E-state index contributed by atoms with van der Waals surface area (Å²) in [7, 11) is 0. The van der Waals surface area contributed by atoms with E-state index in [0.717, 1.165) is 21.6 Å². The number of thiophene rings is 1. The van der Waals surface area contributed by atoms with Gasteiger partial charge in [0.15, 0.2) is 0 Å². The maximum Gasteiger partial charge on any atom is 0.329 e. The van der Waals surface area contributed by atoms with Crippen molar-refractivity contribution >= 4 is 33.4 Å². The Hall–Kier alpha value is -2.71. The highest BCUT2D eigenvalue weighted by molar-refractivity contribution is 7.20. The van der Waals surface area contributed by atoms with Gasteiger partial charge in [0.25, 0.3) is 5.91 Å². The van der Waals surface area contributed by atoms with Crippen molar-refractivity contribution in [3.63, 3.8) is 0 Å². The maximum absolute atomic E-state index is 12.8. The molecule has 1 saturated heterocycles. The first-order valence-corrected chi connectivity index (χ1v) is 9.50. The van der Waals surface area contributed by atoms with Crippen molar-refractivity contribution in [1.29, 1.82) is 0 Å². The van der Waals surface area contributed by atoms with Crippen LogP contribution in [0, 0.1) is 6.92 Å². The van der Waals surface area contributed by atoms with Crippen LogP contribution in [0.2, 0.25) is 0 Å². The zero-order valence-electron chi connectivity index (χ0n) is 14.8. The van der Waals surface area contributed by atoms with Crippen molar-refractivity contribution in [3.05, 3.63) is 47.0 Å². The van der Waals surface area contributed by atoms with Crippen LogP contribution >= 0.6 is 11.3 Å². The van der Waals surface area contributed by atoms with Crippen molar-refractivity contribution in [2.75, 3.05) is 13.2 Å². The van der Waals surface area contributed by atoms with Crippen molar-refractivity contribution in [2.45, 2.75) is 25.3 Å². The first-order valence-electron chi connectivity index (χ1n) is 8.68. The van der Waals surface area contributed by atoms with Gasteiger partial charge in [-0.25, -0.2) is 9.48 Å². The smallest absolute Gasteiger partial charge is 0.329 e. The summed E-state index contributed by atoms with van der Waals surface area (Å²) in [6.07, 6.45) is 0.519. The van der Waals surface area contributed by atoms with E-state index in [-0.39, 0.29) is 18.7 Å². The molecule has 1 fully saturated rings. The fourth-order valence-electron chi connectivity index (χ4n) is 3.29. The minimum Gasteiger partial charge on any atom is -0.480 e. The Bertz CT molecular complexity index is 1000. The lowest BCUT2D eigenvalue weighted by molar-refractivity contribution is -0.148. The van der Waals surface area contributed by atoms with Crippen LogP contribution in [0.15, 0.2) is 36.4 Å². The molecule has 27 heavy (non-hydrogen) atoms. The van der Waals surface area contributed by atoms with Crippen molar-refractivity contribution in [3.8, 4) is 5.69 Å². The van der Waals surface area contributed by atoms with Gasteiger partial charge in [0, 0.05) is 31.4 Å². The first kappa shape index (κ1) is 17.7. The number of fused-ring (bicyclic) bond motifs is 1. The van der Waals surface area contributed by atoms with Crippen LogP contribution in [0.5, 0.6) is 0 Å². The minimum atomic E-state index is -1.27. The number of carbonyl (C=O) groups excluding carboxylic acids is 1. The van der Waals surface area contributed by atoms with Gasteiger partial charge in [-0.15, -0.1) is 11.3 Å². The quantitative estimate of drug-likeness (QED) is 0.720. The van der Waals surface area contributed by atoms with E-state index in [1.54, 1.807) is 6.07 Å².